The van der Waals surface area contributed by atoms with E-state index in [4.69, 9.17) is 0 Å². The average molecular weight is 337 g/mol. The first-order valence-corrected chi connectivity index (χ1v) is 11.1. The van der Waals surface area contributed by atoms with Crippen LogP contribution in [0.3, 0.4) is 0 Å². The standard InChI is InChI=1S/C22H28NP/c1-2-16-24(20-13-5-9-17-8-3-4-12-19(17)20)21-14-6-10-18-11-7-15-23-22(18)21/h5-6,9-10,13-14,23H,2-4,7-8,11-12,15-16H2,1H3. The first-order valence-electron chi connectivity index (χ1n) is 9.62. The lowest BCUT2D eigenvalue weighted by Gasteiger charge is -2.29. The summed E-state index contributed by atoms with van der Waals surface area (Å²) in [5, 5.41) is 7.01. The topological polar surface area (TPSA) is 12.0 Å². The molecule has 1 nitrogen and oxygen atoms in total. The monoisotopic (exact) mass is 337 g/mol. The lowest BCUT2D eigenvalue weighted by Crippen LogP contribution is -2.25. The minimum absolute atomic E-state index is 0.243. The van der Waals surface area contributed by atoms with Crippen molar-refractivity contribution in [3.8, 4) is 0 Å². The van der Waals surface area contributed by atoms with Crippen LogP contribution >= 0.6 is 7.92 Å². The van der Waals surface area contributed by atoms with Crippen molar-refractivity contribution in [2.75, 3.05) is 18.0 Å². The summed E-state index contributed by atoms with van der Waals surface area (Å²) in [7, 11) is -0.243. The number of nitrogens with one attached hydrogen (secondary N) is 1. The van der Waals surface area contributed by atoms with Crippen LogP contribution in [-0.2, 0) is 19.3 Å². The van der Waals surface area contributed by atoms with E-state index in [0.717, 1.165) is 6.54 Å². The number of aryl methyl sites for hydroxylation is 2. The van der Waals surface area contributed by atoms with E-state index in [1.54, 1.807) is 21.7 Å². The molecule has 0 fully saturated rings. The second-order valence-electron chi connectivity index (χ2n) is 7.12. The Kier molecular flexibility index (Phi) is 4.90. The molecule has 1 aliphatic heterocycles. The lowest BCUT2D eigenvalue weighted by molar-refractivity contribution is 0.688. The summed E-state index contributed by atoms with van der Waals surface area (Å²) in [6.45, 7) is 3.47. The number of benzene rings is 2. The fourth-order valence-electron chi connectivity index (χ4n) is 4.32. The van der Waals surface area contributed by atoms with Crippen LogP contribution in [0, 0.1) is 0 Å². The van der Waals surface area contributed by atoms with Crippen molar-refractivity contribution in [2.24, 2.45) is 0 Å². The molecule has 126 valence electrons. The third-order valence-electron chi connectivity index (χ3n) is 5.45. The average Bonchev–Trinajstić information content (AvgIpc) is 2.65. The minimum Gasteiger partial charge on any atom is -0.384 e. The van der Waals surface area contributed by atoms with E-state index in [-0.39, 0.29) is 7.92 Å². The zero-order valence-corrected chi connectivity index (χ0v) is 15.7. The van der Waals surface area contributed by atoms with Crippen molar-refractivity contribution in [1.82, 2.24) is 0 Å². The Morgan fingerprint density at radius 2 is 1.62 bits per heavy atom. The quantitative estimate of drug-likeness (QED) is 0.793. The van der Waals surface area contributed by atoms with Crippen LogP contribution in [0.15, 0.2) is 36.4 Å². The summed E-state index contributed by atoms with van der Waals surface area (Å²) >= 11 is 0. The van der Waals surface area contributed by atoms with Gasteiger partial charge in [0.1, 0.15) is 0 Å². The molecular formula is C22H28NP. The van der Waals surface area contributed by atoms with Gasteiger partial charge in [-0.05, 0) is 74.6 Å². The Bertz CT molecular complexity index is 662. The molecule has 2 aliphatic rings. The molecule has 1 heterocycles. The van der Waals surface area contributed by atoms with Gasteiger partial charge in [0.2, 0.25) is 0 Å². The van der Waals surface area contributed by atoms with Gasteiger partial charge in [-0.2, -0.15) is 0 Å². The molecule has 1 atom stereocenters. The maximum Gasteiger partial charge on any atom is 0.0454 e. The first kappa shape index (κ1) is 16.2. The molecule has 1 N–H and O–H groups in total. The summed E-state index contributed by atoms with van der Waals surface area (Å²) in [4.78, 5) is 0. The van der Waals surface area contributed by atoms with E-state index in [0.29, 0.717) is 0 Å². The molecule has 0 saturated carbocycles. The van der Waals surface area contributed by atoms with Crippen molar-refractivity contribution in [3.63, 3.8) is 0 Å². The highest BCUT2D eigenvalue weighted by molar-refractivity contribution is 7.73. The molecule has 0 amide bonds. The van der Waals surface area contributed by atoms with E-state index < -0.39 is 0 Å². The van der Waals surface area contributed by atoms with Crippen LogP contribution in [0.25, 0.3) is 0 Å². The van der Waals surface area contributed by atoms with Crippen LogP contribution in [-0.4, -0.2) is 12.7 Å². The van der Waals surface area contributed by atoms with E-state index in [1.165, 1.54) is 62.4 Å². The van der Waals surface area contributed by atoms with Gasteiger partial charge < -0.3 is 5.32 Å². The van der Waals surface area contributed by atoms with E-state index in [2.05, 4.69) is 48.6 Å². The number of hydrogen-bond donors (Lipinski definition) is 1. The third kappa shape index (κ3) is 3.00. The van der Waals surface area contributed by atoms with Gasteiger partial charge in [-0.1, -0.05) is 49.7 Å². The SMILES string of the molecule is CCCP(c1cccc2c1CCCC2)c1cccc2c1NCCC2. The number of hydrogen-bond acceptors (Lipinski definition) is 1. The normalized spacial score (nSPS) is 17.5. The number of para-hydroxylation sites is 1. The number of rotatable bonds is 4. The van der Waals surface area contributed by atoms with Gasteiger partial charge in [-0.25, -0.2) is 0 Å². The van der Waals surface area contributed by atoms with Crippen molar-refractivity contribution in [2.45, 2.75) is 51.9 Å². The Morgan fingerprint density at radius 3 is 2.50 bits per heavy atom. The fourth-order valence-corrected chi connectivity index (χ4v) is 7.12. The van der Waals surface area contributed by atoms with Gasteiger partial charge in [-0.15, -0.1) is 0 Å². The van der Waals surface area contributed by atoms with Crippen LogP contribution in [0.5, 0.6) is 0 Å². The molecular weight excluding hydrogens is 309 g/mol. The Morgan fingerprint density at radius 1 is 0.875 bits per heavy atom. The molecule has 0 saturated heterocycles. The van der Waals surface area contributed by atoms with Gasteiger partial charge in [0.05, 0.1) is 0 Å². The van der Waals surface area contributed by atoms with Gasteiger partial charge in [-0.3, -0.25) is 0 Å². The zero-order chi connectivity index (χ0) is 16.4. The van der Waals surface area contributed by atoms with Crippen LogP contribution in [0.4, 0.5) is 5.69 Å². The molecule has 0 spiro atoms. The van der Waals surface area contributed by atoms with Crippen molar-refractivity contribution in [3.05, 3.63) is 53.1 Å². The molecule has 2 heteroatoms. The van der Waals surface area contributed by atoms with Gasteiger partial charge in [0.25, 0.3) is 0 Å². The lowest BCUT2D eigenvalue weighted by atomic mass is 9.92. The van der Waals surface area contributed by atoms with Crippen LogP contribution < -0.4 is 15.9 Å². The van der Waals surface area contributed by atoms with Crippen molar-refractivity contribution in [1.29, 1.82) is 0 Å². The van der Waals surface area contributed by atoms with Gasteiger partial charge >= 0.3 is 0 Å². The summed E-state index contributed by atoms with van der Waals surface area (Å²) in [6, 6.07) is 14.1. The highest BCUT2D eigenvalue weighted by Gasteiger charge is 2.24. The van der Waals surface area contributed by atoms with E-state index >= 15 is 0 Å². The van der Waals surface area contributed by atoms with Crippen LogP contribution in [0.1, 0.15) is 49.3 Å². The first-order chi connectivity index (χ1) is 11.9. The van der Waals surface area contributed by atoms with Gasteiger partial charge in [0, 0.05) is 17.5 Å². The van der Waals surface area contributed by atoms with E-state index in [9.17, 15) is 0 Å². The largest absolute Gasteiger partial charge is 0.384 e. The van der Waals surface area contributed by atoms with Crippen molar-refractivity contribution >= 4 is 24.2 Å². The summed E-state index contributed by atoms with van der Waals surface area (Å²) in [6.07, 6.45) is 10.4. The number of fused-ring (bicyclic) bond motifs is 2. The summed E-state index contributed by atoms with van der Waals surface area (Å²) in [5.41, 5.74) is 6.32. The zero-order valence-electron chi connectivity index (χ0n) is 14.8. The smallest absolute Gasteiger partial charge is 0.0454 e. The molecule has 2 aromatic rings. The molecule has 4 rings (SSSR count). The highest BCUT2D eigenvalue weighted by atomic mass is 31.1. The molecule has 0 radical (unpaired) electrons. The maximum absolute atomic E-state index is 3.74. The minimum atomic E-state index is -0.243. The predicted molar refractivity (Wildman–Crippen MR) is 108 cm³/mol. The number of anilines is 1. The maximum atomic E-state index is 3.74. The fraction of sp³-hybridized carbons (Fsp3) is 0.455. The molecule has 24 heavy (non-hydrogen) atoms. The molecule has 0 aromatic heterocycles. The van der Waals surface area contributed by atoms with Crippen LogP contribution in [0.2, 0.25) is 0 Å². The summed E-state index contributed by atoms with van der Waals surface area (Å²) in [5.74, 6) is 0. The van der Waals surface area contributed by atoms with E-state index in [1.807, 2.05) is 0 Å². The second kappa shape index (κ2) is 7.28. The third-order valence-corrected chi connectivity index (χ3v) is 8.30. The Balaban J connectivity index is 1.82. The Labute approximate surface area is 147 Å². The van der Waals surface area contributed by atoms with Crippen molar-refractivity contribution < 1.29 is 0 Å². The molecule has 2 aromatic carbocycles. The second-order valence-corrected chi connectivity index (χ2v) is 9.38. The Hall–Kier alpha value is -1.33. The summed E-state index contributed by atoms with van der Waals surface area (Å²) < 4.78 is 0. The highest BCUT2D eigenvalue weighted by Crippen LogP contribution is 2.41. The molecule has 1 aliphatic carbocycles. The predicted octanol–water partition coefficient (Wildman–Crippen LogP) is 4.77. The molecule has 1 unspecified atom stereocenters. The van der Waals surface area contributed by atoms with Gasteiger partial charge in [0.15, 0.2) is 0 Å². The molecule has 0 bridgehead atoms.